The Balaban J connectivity index is 2.39. The Labute approximate surface area is 98.6 Å². The Morgan fingerprint density at radius 3 is 2.76 bits per heavy atom. The number of thioether (sulfide) groups is 1. The number of pyridine rings is 1. The summed E-state index contributed by atoms with van der Waals surface area (Å²) >= 11 is -0.249. The lowest BCUT2D eigenvalue weighted by molar-refractivity contribution is -0.0327. The monoisotopic (exact) mass is 268 g/mol. The molecule has 0 saturated heterocycles. The van der Waals surface area contributed by atoms with Gasteiger partial charge in [0.2, 0.25) is 5.95 Å². The number of hydrogen-bond donors (Lipinski definition) is 1. The lowest BCUT2D eigenvalue weighted by atomic mass is 10.2. The summed E-state index contributed by atoms with van der Waals surface area (Å²) in [5.41, 5.74) is -4.62. The molecule has 94 valence electrons. The van der Waals surface area contributed by atoms with Gasteiger partial charge in [-0.05, 0) is 23.9 Å². The van der Waals surface area contributed by atoms with Crippen LogP contribution in [-0.4, -0.2) is 28.7 Å². The highest BCUT2D eigenvalue weighted by atomic mass is 32.2. The number of rotatable bonds is 4. The van der Waals surface area contributed by atoms with Crippen LogP contribution < -0.4 is 5.32 Å². The van der Waals surface area contributed by atoms with E-state index in [0.29, 0.717) is 0 Å². The Bertz CT molecular complexity index is 397. The van der Waals surface area contributed by atoms with Gasteiger partial charge >= 0.3 is 5.51 Å². The zero-order valence-electron chi connectivity index (χ0n) is 8.42. The van der Waals surface area contributed by atoms with Crippen LogP contribution in [0.3, 0.4) is 0 Å². The van der Waals surface area contributed by atoms with E-state index in [2.05, 4.69) is 10.3 Å². The normalized spacial score (nSPS) is 11.3. The van der Waals surface area contributed by atoms with Gasteiger partial charge in [-0.25, -0.2) is 4.98 Å². The third-order valence-corrected chi connectivity index (χ3v) is 2.39. The molecule has 0 aromatic carbocycles. The fraction of sp³-hybridized carbons (Fsp3) is 0.333. The van der Waals surface area contributed by atoms with Crippen molar-refractivity contribution in [2.45, 2.75) is 5.51 Å². The molecule has 0 aliphatic rings. The van der Waals surface area contributed by atoms with E-state index in [4.69, 9.17) is 0 Å². The van der Waals surface area contributed by atoms with E-state index in [0.717, 1.165) is 0 Å². The number of nitrogens with zero attached hydrogens (tertiary/aromatic N) is 1. The number of hydrogen-bond acceptors (Lipinski definition) is 3. The van der Waals surface area contributed by atoms with Gasteiger partial charge in [-0.15, -0.1) is 0 Å². The van der Waals surface area contributed by atoms with Crippen molar-refractivity contribution < 1.29 is 22.4 Å². The molecule has 0 saturated carbocycles. The van der Waals surface area contributed by atoms with E-state index < -0.39 is 17.4 Å². The fourth-order valence-corrected chi connectivity index (χ4v) is 1.42. The van der Waals surface area contributed by atoms with Gasteiger partial charge in [0.15, 0.2) is 0 Å². The van der Waals surface area contributed by atoms with Crippen LogP contribution in [0.5, 0.6) is 0 Å². The van der Waals surface area contributed by atoms with Crippen LogP contribution in [0.15, 0.2) is 18.3 Å². The van der Waals surface area contributed by atoms with E-state index in [9.17, 15) is 22.4 Å². The number of carbonyl (C=O) groups is 1. The zero-order chi connectivity index (χ0) is 12.9. The number of amides is 1. The van der Waals surface area contributed by atoms with Gasteiger partial charge in [0.1, 0.15) is 0 Å². The standard InChI is InChI=1S/C9H8F4N2OS/c10-7-6(2-1-3-14-7)8(16)15-4-5-17-9(11,12)13/h1-3H,4-5H2,(H,15,16). The first-order valence-corrected chi connectivity index (χ1v) is 5.48. The van der Waals surface area contributed by atoms with E-state index in [-0.39, 0.29) is 29.6 Å². The molecule has 0 bridgehead atoms. The molecule has 1 aromatic rings. The van der Waals surface area contributed by atoms with Crippen LogP contribution in [-0.2, 0) is 0 Å². The van der Waals surface area contributed by atoms with Gasteiger partial charge in [-0.1, -0.05) is 0 Å². The quantitative estimate of drug-likeness (QED) is 0.517. The average Bonchev–Trinajstić information content (AvgIpc) is 2.23. The molecule has 1 heterocycles. The van der Waals surface area contributed by atoms with Crippen molar-refractivity contribution in [3.05, 3.63) is 29.8 Å². The van der Waals surface area contributed by atoms with Crippen molar-refractivity contribution in [2.24, 2.45) is 0 Å². The van der Waals surface area contributed by atoms with Crippen molar-refractivity contribution in [2.75, 3.05) is 12.3 Å². The highest BCUT2D eigenvalue weighted by Gasteiger charge is 2.27. The lowest BCUT2D eigenvalue weighted by Gasteiger charge is -2.07. The molecule has 0 atom stereocenters. The average molecular weight is 268 g/mol. The van der Waals surface area contributed by atoms with Crippen molar-refractivity contribution in [1.29, 1.82) is 0 Å². The second kappa shape index (κ2) is 5.85. The molecule has 0 unspecified atom stereocenters. The molecule has 0 radical (unpaired) electrons. The largest absolute Gasteiger partial charge is 0.441 e. The van der Waals surface area contributed by atoms with E-state index in [1.165, 1.54) is 18.3 Å². The Morgan fingerprint density at radius 2 is 2.18 bits per heavy atom. The second-order valence-corrected chi connectivity index (χ2v) is 4.05. The summed E-state index contributed by atoms with van der Waals surface area (Å²) in [5, 5.41) is 2.17. The maximum Gasteiger partial charge on any atom is 0.441 e. The minimum atomic E-state index is -4.33. The van der Waals surface area contributed by atoms with Gasteiger partial charge < -0.3 is 5.32 Å². The molecule has 8 heteroatoms. The van der Waals surface area contributed by atoms with E-state index in [1.54, 1.807) is 0 Å². The molecular formula is C9H8F4N2OS. The highest BCUT2D eigenvalue weighted by Crippen LogP contribution is 2.29. The summed E-state index contributed by atoms with van der Waals surface area (Å²) in [5.74, 6) is -2.05. The molecule has 17 heavy (non-hydrogen) atoms. The molecule has 0 spiro atoms. The molecule has 1 aromatic heterocycles. The topological polar surface area (TPSA) is 42.0 Å². The van der Waals surface area contributed by atoms with Crippen molar-refractivity contribution in [1.82, 2.24) is 10.3 Å². The summed E-state index contributed by atoms with van der Waals surface area (Å²) in [6.45, 7) is -0.197. The number of halogens is 4. The molecule has 1 N–H and O–H groups in total. The van der Waals surface area contributed by atoms with Gasteiger partial charge in [0, 0.05) is 18.5 Å². The molecule has 3 nitrogen and oxygen atoms in total. The van der Waals surface area contributed by atoms with E-state index >= 15 is 0 Å². The first-order chi connectivity index (χ1) is 7.90. The lowest BCUT2D eigenvalue weighted by Crippen LogP contribution is -2.27. The highest BCUT2D eigenvalue weighted by molar-refractivity contribution is 8.00. The van der Waals surface area contributed by atoms with Gasteiger partial charge in [-0.3, -0.25) is 4.79 Å². The van der Waals surface area contributed by atoms with Crippen LogP contribution in [0.25, 0.3) is 0 Å². The predicted molar refractivity (Wildman–Crippen MR) is 55.0 cm³/mol. The van der Waals surface area contributed by atoms with Crippen LogP contribution in [0.4, 0.5) is 17.6 Å². The third-order valence-electron chi connectivity index (χ3n) is 1.66. The number of alkyl halides is 3. The summed E-state index contributed by atoms with van der Waals surface area (Å²) in [6.07, 6.45) is 1.17. The van der Waals surface area contributed by atoms with Crippen molar-refractivity contribution in [3.8, 4) is 0 Å². The maximum absolute atomic E-state index is 13.0. The molecule has 0 aliphatic heterocycles. The third kappa shape index (κ3) is 5.03. The number of aromatic nitrogens is 1. The Kier molecular flexibility index (Phi) is 4.73. The smallest absolute Gasteiger partial charge is 0.351 e. The number of nitrogens with one attached hydrogen (secondary N) is 1. The Hall–Kier alpha value is -1.31. The first-order valence-electron chi connectivity index (χ1n) is 4.49. The maximum atomic E-state index is 13.0. The molecule has 0 aliphatic carbocycles. The molecule has 1 amide bonds. The summed E-state index contributed by atoms with van der Waals surface area (Å²) in [4.78, 5) is 14.6. The van der Waals surface area contributed by atoms with Gasteiger partial charge in [0.05, 0.1) is 5.56 Å². The van der Waals surface area contributed by atoms with Gasteiger partial charge in [0.25, 0.3) is 5.91 Å². The molecule has 1 rings (SSSR count). The fourth-order valence-electron chi connectivity index (χ4n) is 0.982. The predicted octanol–water partition coefficient (Wildman–Crippen LogP) is 2.20. The molecule has 0 fully saturated rings. The van der Waals surface area contributed by atoms with Crippen molar-refractivity contribution in [3.63, 3.8) is 0 Å². The second-order valence-electron chi connectivity index (χ2n) is 2.89. The number of carbonyl (C=O) groups excluding carboxylic acids is 1. The van der Waals surface area contributed by atoms with Crippen molar-refractivity contribution >= 4 is 17.7 Å². The summed E-state index contributed by atoms with van der Waals surface area (Å²) in [7, 11) is 0. The SMILES string of the molecule is O=C(NCCSC(F)(F)F)c1cccnc1F. The van der Waals surface area contributed by atoms with Gasteiger partial charge in [-0.2, -0.15) is 17.6 Å². The van der Waals surface area contributed by atoms with E-state index in [1.807, 2.05) is 0 Å². The van der Waals surface area contributed by atoms with Crippen LogP contribution >= 0.6 is 11.8 Å². The van der Waals surface area contributed by atoms with Crippen LogP contribution in [0.1, 0.15) is 10.4 Å². The van der Waals surface area contributed by atoms with Crippen LogP contribution in [0.2, 0.25) is 0 Å². The summed E-state index contributed by atoms with van der Waals surface area (Å²) in [6, 6.07) is 2.57. The molecular weight excluding hydrogens is 260 g/mol. The van der Waals surface area contributed by atoms with Crippen LogP contribution in [0, 0.1) is 5.95 Å². The first kappa shape index (κ1) is 13.8. The Morgan fingerprint density at radius 1 is 1.47 bits per heavy atom. The summed E-state index contributed by atoms with van der Waals surface area (Å²) < 4.78 is 48.2. The minimum absolute atomic E-state index is 0.197. The minimum Gasteiger partial charge on any atom is -0.351 e. The zero-order valence-corrected chi connectivity index (χ0v) is 9.24.